The van der Waals surface area contributed by atoms with Crippen LogP contribution in [0.25, 0.3) is 0 Å². The van der Waals surface area contributed by atoms with Crippen LogP contribution >= 0.6 is 24.0 Å². The number of rotatable bonds is 4. The zero-order chi connectivity index (χ0) is 16.6. The predicted octanol–water partition coefficient (Wildman–Crippen LogP) is 2.72. The van der Waals surface area contributed by atoms with Crippen LogP contribution in [0.1, 0.15) is 25.1 Å². The van der Waals surface area contributed by atoms with Crippen molar-refractivity contribution in [2.75, 3.05) is 25.0 Å². The van der Waals surface area contributed by atoms with Crippen molar-refractivity contribution in [3.8, 4) is 6.07 Å². The average molecular weight is 451 g/mol. The summed E-state index contributed by atoms with van der Waals surface area (Å²) in [4.78, 5) is 10.9. The Hall–Kier alpha value is -2.15. The zero-order valence-electron chi connectivity index (χ0n) is 14.0. The second-order valence-corrected chi connectivity index (χ2v) is 5.69. The van der Waals surface area contributed by atoms with Gasteiger partial charge in [-0.25, -0.2) is 9.67 Å². The SMILES string of the molecule is I.N#Cc1ncn(CCN=C(Nc2ccccc2)N2CCCCC2)n1. The van der Waals surface area contributed by atoms with E-state index in [1.165, 1.54) is 19.3 Å². The number of likely N-dealkylation sites (tertiary alicyclic amines) is 1. The number of piperidine rings is 1. The zero-order valence-corrected chi connectivity index (χ0v) is 16.3. The largest absolute Gasteiger partial charge is 0.343 e. The molecule has 0 atom stereocenters. The van der Waals surface area contributed by atoms with E-state index in [0.717, 1.165) is 24.7 Å². The Balaban J connectivity index is 0.00000225. The van der Waals surface area contributed by atoms with Gasteiger partial charge in [0.1, 0.15) is 12.4 Å². The first kappa shape index (κ1) is 19.2. The van der Waals surface area contributed by atoms with Gasteiger partial charge in [0.2, 0.25) is 0 Å². The quantitative estimate of drug-likeness (QED) is 0.439. The van der Waals surface area contributed by atoms with Crippen LogP contribution in [-0.2, 0) is 6.54 Å². The summed E-state index contributed by atoms with van der Waals surface area (Å²) >= 11 is 0. The van der Waals surface area contributed by atoms with Crippen molar-refractivity contribution in [3.63, 3.8) is 0 Å². The molecule has 0 saturated carbocycles. The fourth-order valence-electron chi connectivity index (χ4n) is 2.69. The van der Waals surface area contributed by atoms with E-state index < -0.39 is 0 Å². The van der Waals surface area contributed by atoms with Crippen LogP contribution in [-0.4, -0.2) is 45.3 Å². The molecule has 1 aliphatic rings. The number of nitrogens with zero attached hydrogens (tertiary/aromatic N) is 6. The van der Waals surface area contributed by atoms with Gasteiger partial charge in [-0.3, -0.25) is 4.99 Å². The topological polar surface area (TPSA) is 82.1 Å². The molecule has 2 aromatic rings. The fourth-order valence-corrected chi connectivity index (χ4v) is 2.69. The molecule has 2 heterocycles. The lowest BCUT2D eigenvalue weighted by atomic mass is 10.1. The highest BCUT2D eigenvalue weighted by Crippen LogP contribution is 2.12. The third-order valence-electron chi connectivity index (χ3n) is 3.91. The van der Waals surface area contributed by atoms with E-state index in [-0.39, 0.29) is 29.8 Å². The van der Waals surface area contributed by atoms with Crippen molar-refractivity contribution in [1.29, 1.82) is 5.26 Å². The molecule has 8 heteroatoms. The second kappa shape index (κ2) is 9.98. The molecule has 132 valence electrons. The number of aliphatic imine (C=N–C) groups is 1. The molecule has 0 bridgehead atoms. The van der Waals surface area contributed by atoms with Crippen LogP contribution in [0.15, 0.2) is 41.7 Å². The summed E-state index contributed by atoms with van der Waals surface area (Å²) in [6, 6.07) is 12.0. The number of hydrogen-bond acceptors (Lipinski definition) is 4. The van der Waals surface area contributed by atoms with E-state index in [1.807, 2.05) is 36.4 Å². The van der Waals surface area contributed by atoms with Gasteiger partial charge >= 0.3 is 0 Å². The Morgan fingerprint density at radius 2 is 1.96 bits per heavy atom. The van der Waals surface area contributed by atoms with Gasteiger partial charge in [-0.05, 0) is 31.4 Å². The molecule has 7 nitrogen and oxygen atoms in total. The Morgan fingerprint density at radius 1 is 1.20 bits per heavy atom. The summed E-state index contributed by atoms with van der Waals surface area (Å²) in [5.74, 6) is 1.10. The number of hydrogen-bond donors (Lipinski definition) is 1. The minimum Gasteiger partial charge on any atom is -0.343 e. The van der Waals surface area contributed by atoms with Crippen molar-refractivity contribution in [1.82, 2.24) is 19.7 Å². The second-order valence-electron chi connectivity index (χ2n) is 5.69. The van der Waals surface area contributed by atoms with Gasteiger partial charge in [-0.1, -0.05) is 18.2 Å². The van der Waals surface area contributed by atoms with Gasteiger partial charge in [0.25, 0.3) is 5.82 Å². The number of benzene rings is 1. The molecule has 0 aliphatic carbocycles. The Bertz CT molecular complexity index is 714. The van der Waals surface area contributed by atoms with Gasteiger partial charge in [0.15, 0.2) is 5.96 Å². The third-order valence-corrected chi connectivity index (χ3v) is 3.91. The molecular formula is C17H22IN7. The molecule has 0 unspecified atom stereocenters. The number of guanidine groups is 1. The first-order valence-electron chi connectivity index (χ1n) is 8.26. The summed E-state index contributed by atoms with van der Waals surface area (Å²) < 4.78 is 1.65. The summed E-state index contributed by atoms with van der Waals surface area (Å²) in [5.41, 5.74) is 1.04. The summed E-state index contributed by atoms with van der Waals surface area (Å²) in [6.07, 6.45) is 5.25. The third kappa shape index (κ3) is 5.70. The van der Waals surface area contributed by atoms with Gasteiger partial charge in [0.05, 0.1) is 13.1 Å². The molecule has 3 rings (SSSR count). The maximum Gasteiger partial charge on any atom is 0.252 e. The Kier molecular flexibility index (Phi) is 7.66. The van der Waals surface area contributed by atoms with Crippen LogP contribution in [0, 0.1) is 11.3 Å². The summed E-state index contributed by atoms with van der Waals surface area (Å²) in [6.45, 7) is 3.24. The van der Waals surface area contributed by atoms with Crippen LogP contribution < -0.4 is 5.32 Å². The van der Waals surface area contributed by atoms with E-state index in [1.54, 1.807) is 11.0 Å². The number of nitriles is 1. The number of anilines is 1. The number of nitrogens with one attached hydrogen (secondary N) is 1. The first-order chi connectivity index (χ1) is 11.8. The van der Waals surface area contributed by atoms with Gasteiger partial charge in [0, 0.05) is 18.8 Å². The molecule has 25 heavy (non-hydrogen) atoms. The maximum atomic E-state index is 8.77. The van der Waals surface area contributed by atoms with Crippen molar-refractivity contribution in [3.05, 3.63) is 42.5 Å². The van der Waals surface area contributed by atoms with E-state index in [0.29, 0.717) is 13.1 Å². The average Bonchev–Trinajstić information content (AvgIpc) is 3.10. The Morgan fingerprint density at radius 3 is 2.64 bits per heavy atom. The first-order valence-corrected chi connectivity index (χ1v) is 8.26. The molecule has 1 aromatic heterocycles. The Labute approximate surface area is 164 Å². The van der Waals surface area contributed by atoms with Crippen LogP contribution in [0.5, 0.6) is 0 Å². The highest BCUT2D eigenvalue weighted by molar-refractivity contribution is 14.0. The van der Waals surface area contributed by atoms with E-state index in [2.05, 4.69) is 20.3 Å². The smallest absolute Gasteiger partial charge is 0.252 e. The monoisotopic (exact) mass is 451 g/mol. The number of aromatic nitrogens is 3. The molecule has 0 spiro atoms. The fraction of sp³-hybridized carbons (Fsp3) is 0.412. The molecule has 1 aliphatic heterocycles. The van der Waals surface area contributed by atoms with Crippen molar-refractivity contribution in [2.24, 2.45) is 4.99 Å². The highest BCUT2D eigenvalue weighted by atomic mass is 127. The lowest BCUT2D eigenvalue weighted by molar-refractivity contribution is 0.340. The van der Waals surface area contributed by atoms with Crippen molar-refractivity contribution < 1.29 is 0 Å². The molecule has 1 fully saturated rings. The molecule has 0 amide bonds. The molecule has 1 saturated heterocycles. The minimum absolute atomic E-state index is 0. The van der Waals surface area contributed by atoms with E-state index >= 15 is 0 Å². The van der Waals surface area contributed by atoms with Crippen LogP contribution in [0.4, 0.5) is 5.69 Å². The van der Waals surface area contributed by atoms with Gasteiger partial charge in [-0.15, -0.1) is 29.1 Å². The normalized spacial score (nSPS) is 14.5. The predicted molar refractivity (Wildman–Crippen MR) is 108 cm³/mol. The van der Waals surface area contributed by atoms with Crippen LogP contribution in [0.2, 0.25) is 0 Å². The van der Waals surface area contributed by atoms with E-state index in [4.69, 9.17) is 10.3 Å². The molecular weight excluding hydrogens is 429 g/mol. The van der Waals surface area contributed by atoms with Crippen molar-refractivity contribution in [2.45, 2.75) is 25.8 Å². The summed E-state index contributed by atoms with van der Waals surface area (Å²) in [5, 5.41) is 16.3. The maximum absolute atomic E-state index is 8.77. The highest BCUT2D eigenvalue weighted by Gasteiger charge is 2.14. The van der Waals surface area contributed by atoms with Gasteiger partial charge in [-0.2, -0.15) is 5.26 Å². The van der Waals surface area contributed by atoms with Crippen molar-refractivity contribution >= 4 is 35.6 Å². The molecule has 1 aromatic carbocycles. The lowest BCUT2D eigenvalue weighted by Gasteiger charge is -2.30. The molecule has 0 radical (unpaired) electrons. The summed E-state index contributed by atoms with van der Waals surface area (Å²) in [7, 11) is 0. The van der Waals surface area contributed by atoms with Gasteiger partial charge < -0.3 is 10.2 Å². The number of halogens is 1. The number of para-hydroxylation sites is 1. The van der Waals surface area contributed by atoms with Crippen LogP contribution in [0.3, 0.4) is 0 Å². The molecule has 1 N–H and O–H groups in total. The lowest BCUT2D eigenvalue weighted by Crippen LogP contribution is -2.40. The van der Waals surface area contributed by atoms with E-state index in [9.17, 15) is 0 Å². The standard InChI is InChI=1S/C17H21N7.HI/c18-13-16-20-14-24(22-16)12-9-19-17(23-10-5-2-6-11-23)21-15-7-3-1-4-8-15;/h1,3-4,7-8,14H,2,5-6,9-12H2,(H,19,21);1H. The minimum atomic E-state index is 0.